The van der Waals surface area contributed by atoms with Gasteiger partial charge in [0.1, 0.15) is 0 Å². The highest BCUT2D eigenvalue weighted by Crippen LogP contribution is 2.32. The summed E-state index contributed by atoms with van der Waals surface area (Å²) in [6, 6.07) is 7.90. The fourth-order valence-electron chi connectivity index (χ4n) is 2.72. The highest BCUT2D eigenvalue weighted by molar-refractivity contribution is 6.14. The zero-order chi connectivity index (χ0) is 13.0. The van der Waals surface area contributed by atoms with Gasteiger partial charge in [0.25, 0.3) is 0 Å². The van der Waals surface area contributed by atoms with Crippen molar-refractivity contribution >= 4 is 11.5 Å². The minimum atomic E-state index is -0.937. The lowest BCUT2D eigenvalue weighted by atomic mass is 9.90. The number of hydrogen-bond acceptors (Lipinski definition) is 1. The molecule has 1 aromatic rings. The Hall–Kier alpha value is -1.57. The Morgan fingerprint density at radius 1 is 1.17 bits per heavy atom. The van der Waals surface area contributed by atoms with Crippen LogP contribution in [0.4, 0.5) is 0 Å². The van der Waals surface area contributed by atoms with Crippen molar-refractivity contribution in [2.75, 3.05) is 0 Å². The van der Waals surface area contributed by atoms with Crippen molar-refractivity contribution in [3.63, 3.8) is 0 Å². The summed E-state index contributed by atoms with van der Waals surface area (Å²) in [7, 11) is 0. The molecule has 1 N–H and O–H groups in total. The summed E-state index contributed by atoms with van der Waals surface area (Å²) in [5.41, 5.74) is 2.20. The molecule has 1 fully saturated rings. The molecule has 0 heterocycles. The van der Waals surface area contributed by atoms with Crippen LogP contribution in [0, 0.1) is 0 Å². The summed E-state index contributed by atoms with van der Waals surface area (Å²) in [4.78, 5) is 10.9. The standard InChI is InChI=1S/C16H20O2/c1-12(16(17)18)14-9-6-10-15(11-14)13-7-4-2-3-5-8-13/h6,9-11,13H,1-5,7-8H2,(H,17,18). The highest BCUT2D eigenvalue weighted by atomic mass is 16.4. The molecule has 0 unspecified atom stereocenters. The average molecular weight is 244 g/mol. The molecule has 1 aliphatic carbocycles. The van der Waals surface area contributed by atoms with Crippen LogP contribution in [0.1, 0.15) is 55.6 Å². The number of benzene rings is 1. The van der Waals surface area contributed by atoms with Crippen molar-refractivity contribution in [2.45, 2.75) is 44.4 Å². The van der Waals surface area contributed by atoms with Crippen LogP contribution in [-0.2, 0) is 4.79 Å². The van der Waals surface area contributed by atoms with Crippen molar-refractivity contribution < 1.29 is 9.90 Å². The van der Waals surface area contributed by atoms with E-state index in [1.165, 1.54) is 44.1 Å². The van der Waals surface area contributed by atoms with Crippen LogP contribution in [0.25, 0.3) is 5.57 Å². The van der Waals surface area contributed by atoms with E-state index in [1.807, 2.05) is 18.2 Å². The van der Waals surface area contributed by atoms with E-state index in [2.05, 4.69) is 12.6 Å². The molecule has 0 aromatic heterocycles. The SMILES string of the molecule is C=C(C(=O)O)c1cccc(C2CCCCCC2)c1. The van der Waals surface area contributed by atoms with Gasteiger partial charge >= 0.3 is 5.97 Å². The van der Waals surface area contributed by atoms with Crippen LogP contribution >= 0.6 is 0 Å². The van der Waals surface area contributed by atoms with Crippen molar-refractivity contribution in [1.29, 1.82) is 0 Å². The molecule has 0 saturated heterocycles. The van der Waals surface area contributed by atoms with E-state index < -0.39 is 5.97 Å². The molecule has 2 heteroatoms. The molecule has 2 nitrogen and oxygen atoms in total. The van der Waals surface area contributed by atoms with Gasteiger partial charge in [-0.15, -0.1) is 0 Å². The van der Waals surface area contributed by atoms with E-state index in [9.17, 15) is 4.79 Å². The monoisotopic (exact) mass is 244 g/mol. The second-order valence-electron chi connectivity index (χ2n) is 5.10. The molecule has 1 aliphatic rings. The van der Waals surface area contributed by atoms with Gasteiger partial charge in [-0.05, 0) is 29.9 Å². The van der Waals surface area contributed by atoms with Gasteiger partial charge in [-0.1, -0.05) is 56.5 Å². The number of rotatable bonds is 3. The topological polar surface area (TPSA) is 37.3 Å². The lowest BCUT2D eigenvalue weighted by Crippen LogP contribution is -2.01. The van der Waals surface area contributed by atoms with Gasteiger partial charge in [-0.2, -0.15) is 0 Å². The van der Waals surface area contributed by atoms with Gasteiger partial charge < -0.3 is 5.11 Å². The van der Waals surface area contributed by atoms with Gasteiger partial charge in [-0.25, -0.2) is 4.79 Å². The van der Waals surface area contributed by atoms with Gasteiger partial charge in [0.2, 0.25) is 0 Å². The Balaban J connectivity index is 2.20. The van der Waals surface area contributed by atoms with Gasteiger partial charge in [0.15, 0.2) is 0 Å². The summed E-state index contributed by atoms with van der Waals surface area (Å²) in [6.07, 6.45) is 7.69. The third kappa shape index (κ3) is 3.00. The van der Waals surface area contributed by atoms with Crippen molar-refractivity contribution in [3.05, 3.63) is 42.0 Å². The van der Waals surface area contributed by atoms with Gasteiger partial charge in [-0.3, -0.25) is 0 Å². The molecule has 0 atom stereocenters. The largest absolute Gasteiger partial charge is 0.478 e. The molecular formula is C16H20O2. The molecule has 0 aliphatic heterocycles. The van der Waals surface area contributed by atoms with E-state index in [-0.39, 0.29) is 5.57 Å². The van der Waals surface area contributed by atoms with Gasteiger partial charge in [0, 0.05) is 0 Å². The zero-order valence-corrected chi connectivity index (χ0v) is 10.7. The predicted octanol–water partition coefficient (Wildman–Crippen LogP) is 4.22. The van der Waals surface area contributed by atoms with Crippen LogP contribution in [0.15, 0.2) is 30.8 Å². The lowest BCUT2D eigenvalue weighted by Gasteiger charge is -2.15. The molecule has 0 bridgehead atoms. The van der Waals surface area contributed by atoms with E-state index >= 15 is 0 Å². The summed E-state index contributed by atoms with van der Waals surface area (Å²) in [5.74, 6) is -0.345. The molecule has 0 amide bonds. The number of carboxylic acid groups (broad SMARTS) is 1. The normalized spacial score (nSPS) is 17.1. The van der Waals surface area contributed by atoms with Crippen LogP contribution < -0.4 is 0 Å². The first-order valence-corrected chi connectivity index (χ1v) is 6.71. The zero-order valence-electron chi connectivity index (χ0n) is 10.7. The summed E-state index contributed by atoms with van der Waals surface area (Å²) >= 11 is 0. The second kappa shape index (κ2) is 5.85. The van der Waals surface area contributed by atoms with E-state index in [0.29, 0.717) is 5.92 Å². The molecule has 96 valence electrons. The van der Waals surface area contributed by atoms with E-state index in [4.69, 9.17) is 5.11 Å². The van der Waals surface area contributed by atoms with Crippen LogP contribution in [0.5, 0.6) is 0 Å². The molecular weight excluding hydrogens is 224 g/mol. The third-order valence-corrected chi connectivity index (χ3v) is 3.82. The molecule has 18 heavy (non-hydrogen) atoms. The predicted molar refractivity (Wildman–Crippen MR) is 73.6 cm³/mol. The quantitative estimate of drug-likeness (QED) is 0.638. The van der Waals surface area contributed by atoms with Crippen molar-refractivity contribution in [1.82, 2.24) is 0 Å². The van der Waals surface area contributed by atoms with Crippen LogP contribution in [0.3, 0.4) is 0 Å². The molecule has 2 rings (SSSR count). The Kier molecular flexibility index (Phi) is 4.19. The fraction of sp³-hybridized carbons (Fsp3) is 0.438. The maximum absolute atomic E-state index is 10.9. The van der Waals surface area contributed by atoms with Crippen molar-refractivity contribution in [2.24, 2.45) is 0 Å². The highest BCUT2D eigenvalue weighted by Gasteiger charge is 2.15. The average Bonchev–Trinajstić information content (AvgIpc) is 2.66. The molecule has 0 spiro atoms. The first-order chi connectivity index (χ1) is 8.68. The smallest absolute Gasteiger partial charge is 0.335 e. The van der Waals surface area contributed by atoms with E-state index in [1.54, 1.807) is 0 Å². The summed E-state index contributed by atoms with van der Waals surface area (Å²) in [6.45, 7) is 3.63. The Labute approximate surface area is 108 Å². The van der Waals surface area contributed by atoms with Crippen LogP contribution in [0.2, 0.25) is 0 Å². The number of aliphatic carboxylic acids is 1. The molecule has 1 aromatic carbocycles. The Morgan fingerprint density at radius 3 is 2.44 bits per heavy atom. The van der Waals surface area contributed by atoms with Crippen LogP contribution in [-0.4, -0.2) is 11.1 Å². The van der Waals surface area contributed by atoms with E-state index in [0.717, 1.165) is 5.56 Å². The summed E-state index contributed by atoms with van der Waals surface area (Å²) in [5, 5.41) is 8.98. The number of carbonyl (C=O) groups is 1. The Bertz CT molecular complexity index is 440. The minimum absolute atomic E-state index is 0.186. The molecule has 1 saturated carbocycles. The lowest BCUT2D eigenvalue weighted by molar-refractivity contribution is -0.130. The maximum Gasteiger partial charge on any atom is 0.335 e. The number of hydrogen-bond donors (Lipinski definition) is 1. The second-order valence-corrected chi connectivity index (χ2v) is 5.10. The van der Waals surface area contributed by atoms with Gasteiger partial charge in [0.05, 0.1) is 5.57 Å². The third-order valence-electron chi connectivity index (χ3n) is 3.82. The Morgan fingerprint density at radius 2 is 1.83 bits per heavy atom. The molecule has 0 radical (unpaired) electrons. The fourth-order valence-corrected chi connectivity index (χ4v) is 2.72. The summed E-state index contributed by atoms with van der Waals surface area (Å²) < 4.78 is 0. The van der Waals surface area contributed by atoms with Crippen molar-refractivity contribution in [3.8, 4) is 0 Å². The first-order valence-electron chi connectivity index (χ1n) is 6.71. The number of carboxylic acids is 1. The first kappa shape index (κ1) is 12.9. The maximum atomic E-state index is 10.9. The minimum Gasteiger partial charge on any atom is -0.478 e.